The smallest absolute Gasteiger partial charge is 0.337 e. The molecule has 0 unspecified atom stereocenters. The summed E-state index contributed by atoms with van der Waals surface area (Å²) in [5, 5.41) is 17.1. The quantitative estimate of drug-likeness (QED) is 0.845. The molecule has 2 rings (SSSR count). The molecule has 0 saturated carbocycles. The van der Waals surface area contributed by atoms with Crippen LogP contribution in [-0.2, 0) is 4.74 Å². The number of hydrogen-bond donors (Lipinski definition) is 2. The fourth-order valence-corrected chi connectivity index (χ4v) is 1.55. The van der Waals surface area contributed by atoms with Crippen molar-refractivity contribution in [1.82, 2.24) is 0 Å². The van der Waals surface area contributed by atoms with E-state index in [1.165, 1.54) is 31.4 Å². The van der Waals surface area contributed by atoms with Gasteiger partial charge in [0, 0.05) is 0 Å². The van der Waals surface area contributed by atoms with Gasteiger partial charge in [-0.15, -0.1) is 0 Å². The summed E-state index contributed by atoms with van der Waals surface area (Å²) >= 11 is 0. The average Bonchev–Trinajstić information content (AvgIpc) is 2.55. The Hall–Kier alpha value is -3.15. The number of benzene rings is 2. The Morgan fingerprint density at radius 3 is 1.55 bits per heavy atom. The summed E-state index contributed by atoms with van der Waals surface area (Å²) in [6, 6.07) is 14.4. The van der Waals surface area contributed by atoms with E-state index < -0.39 is 11.9 Å². The van der Waals surface area contributed by atoms with Crippen LogP contribution in [-0.4, -0.2) is 35.2 Å². The molecule has 0 aliphatic carbocycles. The van der Waals surface area contributed by atoms with Gasteiger partial charge in [0.15, 0.2) is 0 Å². The van der Waals surface area contributed by atoms with Gasteiger partial charge in [-0.1, -0.05) is 30.3 Å². The van der Waals surface area contributed by atoms with E-state index in [1.807, 2.05) is 6.07 Å². The fourth-order valence-electron chi connectivity index (χ4n) is 1.55. The molecule has 0 saturated heterocycles. The molecule has 114 valence electrons. The maximum atomic E-state index is 10.8. The highest BCUT2D eigenvalue weighted by Gasteiger charge is 2.13. The molecule has 0 aliphatic heterocycles. The summed E-state index contributed by atoms with van der Waals surface area (Å²) in [7, 11) is 1.37. The minimum atomic E-state index is -1.23. The van der Waals surface area contributed by atoms with Crippen LogP contribution in [0.25, 0.3) is 0 Å². The van der Waals surface area contributed by atoms with Gasteiger partial charge in [-0.25, -0.2) is 14.4 Å². The largest absolute Gasteiger partial charge is 0.478 e. The van der Waals surface area contributed by atoms with Crippen molar-refractivity contribution >= 4 is 17.9 Å². The van der Waals surface area contributed by atoms with Gasteiger partial charge < -0.3 is 14.9 Å². The number of hydrogen-bond acceptors (Lipinski definition) is 4. The lowest BCUT2D eigenvalue weighted by Gasteiger charge is -1.98. The molecule has 0 radical (unpaired) electrons. The van der Waals surface area contributed by atoms with Gasteiger partial charge in [0.25, 0.3) is 0 Å². The lowest BCUT2D eigenvalue weighted by atomic mass is 10.1. The van der Waals surface area contributed by atoms with Crippen LogP contribution in [0.15, 0.2) is 54.6 Å². The molecule has 0 bridgehead atoms. The first-order chi connectivity index (χ1) is 10.5. The Bertz CT molecular complexity index is 630. The van der Waals surface area contributed by atoms with Crippen molar-refractivity contribution in [2.75, 3.05) is 7.11 Å². The van der Waals surface area contributed by atoms with E-state index in [0.29, 0.717) is 5.56 Å². The third kappa shape index (κ3) is 4.75. The maximum Gasteiger partial charge on any atom is 0.337 e. The molecule has 2 aromatic carbocycles. The Labute approximate surface area is 126 Å². The minimum Gasteiger partial charge on any atom is -0.478 e. The molecule has 0 fully saturated rings. The van der Waals surface area contributed by atoms with Crippen molar-refractivity contribution in [3.8, 4) is 0 Å². The van der Waals surface area contributed by atoms with Gasteiger partial charge in [-0.2, -0.15) is 0 Å². The summed E-state index contributed by atoms with van der Waals surface area (Å²) in [6.07, 6.45) is 0. The zero-order valence-corrected chi connectivity index (χ0v) is 11.7. The number of ether oxygens (including phenoxy) is 1. The third-order valence-corrected chi connectivity index (χ3v) is 2.58. The number of carbonyl (C=O) groups is 3. The Balaban J connectivity index is 0.000000224. The number of carboxylic acids is 2. The first kappa shape index (κ1) is 16.9. The molecule has 0 aromatic heterocycles. The molecule has 0 amide bonds. The third-order valence-electron chi connectivity index (χ3n) is 2.58. The van der Waals surface area contributed by atoms with E-state index in [4.69, 9.17) is 10.2 Å². The van der Waals surface area contributed by atoms with Crippen molar-refractivity contribution < 1.29 is 29.3 Å². The summed E-state index contributed by atoms with van der Waals surface area (Å²) in [6.45, 7) is 0. The van der Waals surface area contributed by atoms with Crippen molar-refractivity contribution in [2.24, 2.45) is 0 Å². The van der Waals surface area contributed by atoms with E-state index in [1.54, 1.807) is 24.3 Å². The molecule has 22 heavy (non-hydrogen) atoms. The van der Waals surface area contributed by atoms with E-state index in [9.17, 15) is 14.4 Å². The van der Waals surface area contributed by atoms with Crippen LogP contribution in [0.4, 0.5) is 0 Å². The van der Waals surface area contributed by atoms with Crippen molar-refractivity contribution in [3.05, 3.63) is 71.3 Å². The molecule has 0 spiro atoms. The van der Waals surface area contributed by atoms with Gasteiger partial charge in [0.1, 0.15) is 0 Å². The van der Waals surface area contributed by atoms with Gasteiger partial charge in [-0.3, -0.25) is 0 Å². The summed E-state index contributed by atoms with van der Waals surface area (Å²) in [5.74, 6) is -2.75. The number of methoxy groups -OCH3 is 1. The first-order valence-corrected chi connectivity index (χ1v) is 6.16. The first-order valence-electron chi connectivity index (χ1n) is 6.16. The standard InChI is InChI=1S/C8H6O4.C8H8O2/c9-7(10)5-3-1-2-4-6(5)8(11)12;1-10-8(9)7-5-3-2-4-6-7/h1-4H,(H,9,10)(H,11,12);2-6H,1H3. The lowest BCUT2D eigenvalue weighted by Crippen LogP contribution is -2.06. The van der Waals surface area contributed by atoms with Gasteiger partial charge >= 0.3 is 17.9 Å². The highest BCUT2D eigenvalue weighted by molar-refractivity contribution is 6.01. The van der Waals surface area contributed by atoms with Crippen LogP contribution in [0.1, 0.15) is 31.1 Å². The van der Waals surface area contributed by atoms with Crippen LogP contribution < -0.4 is 0 Å². The van der Waals surface area contributed by atoms with E-state index in [0.717, 1.165) is 0 Å². The summed E-state index contributed by atoms with van der Waals surface area (Å²) in [5.41, 5.74) is 0.208. The normalized spacial score (nSPS) is 9.14. The zero-order chi connectivity index (χ0) is 16.5. The summed E-state index contributed by atoms with van der Waals surface area (Å²) in [4.78, 5) is 31.7. The minimum absolute atomic E-state index is 0.190. The monoisotopic (exact) mass is 302 g/mol. The number of rotatable bonds is 3. The molecule has 2 aromatic rings. The molecule has 0 heterocycles. The Kier molecular flexibility index (Phi) is 6.31. The average molecular weight is 302 g/mol. The molecule has 6 heteroatoms. The zero-order valence-electron chi connectivity index (χ0n) is 11.7. The van der Waals surface area contributed by atoms with Crippen LogP contribution in [0.2, 0.25) is 0 Å². The second kappa shape index (κ2) is 8.21. The van der Waals surface area contributed by atoms with Gasteiger partial charge in [0.05, 0.1) is 23.8 Å². The summed E-state index contributed by atoms with van der Waals surface area (Å²) < 4.78 is 4.50. The number of carboxylic acid groups (broad SMARTS) is 2. The van der Waals surface area contributed by atoms with Crippen molar-refractivity contribution in [1.29, 1.82) is 0 Å². The maximum absolute atomic E-state index is 10.8. The SMILES string of the molecule is COC(=O)c1ccccc1.O=C(O)c1ccccc1C(=O)O. The highest BCUT2D eigenvalue weighted by Crippen LogP contribution is 2.07. The predicted octanol–water partition coefficient (Wildman–Crippen LogP) is 2.56. The molecular formula is C16H14O6. The molecule has 0 aliphatic rings. The van der Waals surface area contributed by atoms with Crippen LogP contribution in [0.3, 0.4) is 0 Å². The van der Waals surface area contributed by atoms with Crippen LogP contribution >= 0.6 is 0 Å². The fraction of sp³-hybridized carbons (Fsp3) is 0.0625. The van der Waals surface area contributed by atoms with Gasteiger partial charge in [0.2, 0.25) is 0 Å². The molecule has 6 nitrogen and oxygen atoms in total. The predicted molar refractivity (Wildman–Crippen MR) is 78.1 cm³/mol. The Morgan fingerprint density at radius 1 is 0.773 bits per heavy atom. The van der Waals surface area contributed by atoms with E-state index >= 15 is 0 Å². The van der Waals surface area contributed by atoms with E-state index in [-0.39, 0.29) is 17.1 Å². The molecule has 2 N–H and O–H groups in total. The lowest BCUT2D eigenvalue weighted by molar-refractivity contribution is 0.0599. The highest BCUT2D eigenvalue weighted by atomic mass is 16.5. The topological polar surface area (TPSA) is 101 Å². The molecular weight excluding hydrogens is 288 g/mol. The molecule has 0 atom stereocenters. The number of esters is 1. The van der Waals surface area contributed by atoms with Crippen molar-refractivity contribution in [3.63, 3.8) is 0 Å². The van der Waals surface area contributed by atoms with Crippen LogP contribution in [0, 0.1) is 0 Å². The second-order valence-corrected chi connectivity index (χ2v) is 4.01. The van der Waals surface area contributed by atoms with Crippen LogP contribution in [0.5, 0.6) is 0 Å². The van der Waals surface area contributed by atoms with E-state index in [2.05, 4.69) is 4.74 Å². The van der Waals surface area contributed by atoms with Crippen molar-refractivity contribution in [2.45, 2.75) is 0 Å². The Morgan fingerprint density at radius 2 is 1.18 bits per heavy atom. The number of aromatic carboxylic acids is 2. The number of carbonyl (C=O) groups excluding carboxylic acids is 1. The van der Waals surface area contributed by atoms with Gasteiger partial charge in [-0.05, 0) is 24.3 Å². The second-order valence-electron chi connectivity index (χ2n) is 4.01.